The minimum atomic E-state index is -1.12. The maximum absolute atomic E-state index is 13.3. The van der Waals surface area contributed by atoms with E-state index < -0.39 is 42.9 Å². The Hall–Kier alpha value is -3.70. The molecule has 0 radical (unpaired) electrons. The van der Waals surface area contributed by atoms with E-state index >= 15 is 0 Å². The lowest BCUT2D eigenvalue weighted by atomic mass is 9.91. The van der Waals surface area contributed by atoms with E-state index in [9.17, 15) is 14.4 Å². The number of nitrogens with one attached hydrogen (secondary N) is 1. The number of benzene rings is 1. The molecule has 2 heterocycles. The quantitative estimate of drug-likeness (QED) is 0.298. The van der Waals surface area contributed by atoms with Crippen LogP contribution < -0.4 is 14.8 Å². The lowest BCUT2D eigenvalue weighted by Gasteiger charge is -2.33. The Bertz CT molecular complexity index is 1140. The van der Waals surface area contributed by atoms with Crippen LogP contribution in [0, 0.1) is 5.92 Å². The molecule has 1 unspecified atom stereocenters. The highest BCUT2D eigenvalue weighted by molar-refractivity contribution is 5.98. The van der Waals surface area contributed by atoms with E-state index in [1.54, 1.807) is 6.92 Å². The van der Waals surface area contributed by atoms with E-state index in [0.717, 1.165) is 18.4 Å². The van der Waals surface area contributed by atoms with Gasteiger partial charge in [0.2, 0.25) is 6.79 Å². The van der Waals surface area contributed by atoms with Crippen molar-refractivity contribution in [3.8, 4) is 11.5 Å². The number of aromatic nitrogens is 1. The maximum Gasteiger partial charge on any atom is 0.331 e. The van der Waals surface area contributed by atoms with Crippen molar-refractivity contribution in [1.82, 2.24) is 10.3 Å². The van der Waals surface area contributed by atoms with E-state index in [-0.39, 0.29) is 35.8 Å². The second-order valence-corrected chi connectivity index (χ2v) is 9.94. The van der Waals surface area contributed by atoms with Gasteiger partial charge in [-0.05, 0) is 32.3 Å². The smallest absolute Gasteiger partial charge is 0.331 e. The van der Waals surface area contributed by atoms with Crippen LogP contribution >= 0.6 is 0 Å². The first-order valence-electron chi connectivity index (χ1n) is 13.8. The van der Waals surface area contributed by atoms with Crippen molar-refractivity contribution in [2.24, 2.45) is 5.92 Å². The van der Waals surface area contributed by atoms with Gasteiger partial charge in [0.25, 0.3) is 5.91 Å². The molecule has 1 saturated heterocycles. The van der Waals surface area contributed by atoms with Gasteiger partial charge in [-0.3, -0.25) is 9.59 Å². The summed E-state index contributed by atoms with van der Waals surface area (Å²) in [5.74, 6) is -1.88. The van der Waals surface area contributed by atoms with Gasteiger partial charge in [-0.25, -0.2) is 9.78 Å². The fourth-order valence-corrected chi connectivity index (χ4v) is 4.66. The summed E-state index contributed by atoms with van der Waals surface area (Å²) in [6.45, 7) is 6.85. The Morgan fingerprint density at radius 3 is 2.61 bits per heavy atom. The van der Waals surface area contributed by atoms with E-state index in [1.807, 2.05) is 37.3 Å². The molecular weight excluding hydrogens is 532 g/mol. The highest BCUT2D eigenvalue weighted by Gasteiger charge is 2.37. The predicted molar refractivity (Wildman–Crippen MR) is 149 cm³/mol. The normalized spacial score (nSPS) is 21.8. The molecule has 1 amide bonds. The number of carbonyl (C=O) groups is 3. The molecule has 11 heteroatoms. The first-order valence-corrected chi connectivity index (χ1v) is 13.8. The molecule has 1 aromatic carbocycles. The minimum absolute atomic E-state index is 0.0368. The van der Waals surface area contributed by atoms with Crippen molar-refractivity contribution < 1.29 is 42.8 Å². The van der Waals surface area contributed by atoms with Gasteiger partial charge in [0.15, 0.2) is 23.2 Å². The molecule has 3 rings (SSSR count). The summed E-state index contributed by atoms with van der Waals surface area (Å²) in [5, 5.41) is 2.65. The number of cyclic esters (lactones) is 1. The van der Waals surface area contributed by atoms with Crippen molar-refractivity contribution in [2.75, 3.05) is 27.1 Å². The van der Waals surface area contributed by atoms with Gasteiger partial charge in [-0.15, -0.1) is 0 Å². The van der Waals surface area contributed by atoms with Crippen LogP contribution in [-0.4, -0.2) is 74.3 Å². The van der Waals surface area contributed by atoms with Crippen LogP contribution in [0.25, 0.3) is 0 Å². The fraction of sp³-hybridized carbons (Fsp3) is 0.533. The highest BCUT2D eigenvalue weighted by Crippen LogP contribution is 2.30. The molecule has 2 aromatic rings. The fourth-order valence-electron chi connectivity index (χ4n) is 4.66. The van der Waals surface area contributed by atoms with Crippen molar-refractivity contribution in [3.05, 3.63) is 53.9 Å². The largest absolute Gasteiger partial charge is 0.493 e. The predicted octanol–water partition coefficient (Wildman–Crippen LogP) is 3.48. The van der Waals surface area contributed by atoms with Crippen molar-refractivity contribution >= 4 is 17.8 Å². The minimum Gasteiger partial charge on any atom is -0.493 e. The van der Waals surface area contributed by atoms with Crippen molar-refractivity contribution in [1.29, 1.82) is 0 Å². The zero-order chi connectivity index (χ0) is 29.8. The van der Waals surface area contributed by atoms with Crippen molar-refractivity contribution in [3.63, 3.8) is 0 Å². The van der Waals surface area contributed by atoms with Crippen LogP contribution in [0.3, 0.4) is 0 Å². The van der Waals surface area contributed by atoms with E-state index in [1.165, 1.54) is 26.3 Å². The molecule has 224 valence electrons. The molecule has 11 nitrogen and oxygen atoms in total. The molecule has 0 saturated carbocycles. The van der Waals surface area contributed by atoms with Crippen LogP contribution in [-0.2, 0) is 35.0 Å². The number of hydrogen-bond acceptors (Lipinski definition) is 10. The van der Waals surface area contributed by atoms with E-state index in [4.69, 9.17) is 28.4 Å². The van der Waals surface area contributed by atoms with Gasteiger partial charge in [-0.1, -0.05) is 43.7 Å². The number of carbonyl (C=O) groups excluding carboxylic acids is 3. The number of nitrogens with zero attached hydrogens (tertiary/aromatic N) is 1. The molecule has 5 atom stereocenters. The van der Waals surface area contributed by atoms with Gasteiger partial charge in [-0.2, -0.15) is 0 Å². The second-order valence-electron chi connectivity index (χ2n) is 9.94. The summed E-state index contributed by atoms with van der Waals surface area (Å²) in [6.07, 6.45) is 2.79. The van der Waals surface area contributed by atoms with Crippen LogP contribution in [0.4, 0.5) is 0 Å². The first-order chi connectivity index (χ1) is 19.7. The third-order valence-electron chi connectivity index (χ3n) is 6.63. The third-order valence-corrected chi connectivity index (χ3v) is 6.63. The Morgan fingerprint density at radius 2 is 1.93 bits per heavy atom. The summed E-state index contributed by atoms with van der Waals surface area (Å²) in [6, 6.07) is 10.4. The standard InChI is InChI=1S/C30H40N2O9/c1-6-10-19(2)40-27-20(3)41-30(35)24(17-37-16-23(27)15-22-11-8-7-9-12-22)32-29(34)26-28(39-18-38-21(4)33)25(36-5)13-14-31-26/h7-9,11-14,19-20,23-24,27H,6,10,15-18H2,1-5H3,(H,32,34)/t19?,20-,23-,24-,27-/m0/s1. The zero-order valence-corrected chi connectivity index (χ0v) is 24.3. The van der Waals surface area contributed by atoms with Gasteiger partial charge in [0.1, 0.15) is 6.10 Å². The molecule has 1 N–H and O–H groups in total. The molecule has 0 bridgehead atoms. The van der Waals surface area contributed by atoms with E-state index in [0.29, 0.717) is 13.0 Å². The van der Waals surface area contributed by atoms with Crippen LogP contribution in [0.1, 0.15) is 56.6 Å². The van der Waals surface area contributed by atoms with Gasteiger partial charge in [0, 0.05) is 25.1 Å². The summed E-state index contributed by atoms with van der Waals surface area (Å²) < 4.78 is 33.9. The van der Waals surface area contributed by atoms with Crippen molar-refractivity contribution in [2.45, 2.75) is 71.3 Å². The number of rotatable bonds is 12. The molecule has 1 fully saturated rings. The number of esters is 2. The molecule has 0 spiro atoms. The topological polar surface area (TPSA) is 132 Å². The van der Waals surface area contributed by atoms with Gasteiger partial charge in [0.05, 0.1) is 32.5 Å². The molecule has 1 aromatic heterocycles. The molecule has 1 aliphatic rings. The van der Waals surface area contributed by atoms with Crippen LogP contribution in [0.2, 0.25) is 0 Å². The summed E-state index contributed by atoms with van der Waals surface area (Å²) in [5.41, 5.74) is 0.958. The molecular formula is C30H40N2O9. The first kappa shape index (κ1) is 31.8. The maximum atomic E-state index is 13.3. The number of methoxy groups -OCH3 is 1. The number of hydrogen-bond donors (Lipinski definition) is 1. The SMILES string of the molecule is CCCC(C)O[C@@H]1[C@@H](Cc2ccccc2)COC[C@H](NC(=O)c2nccc(OC)c2OCOC(C)=O)C(=O)O[C@H]1C. The molecule has 1 aliphatic heterocycles. The monoisotopic (exact) mass is 572 g/mol. The summed E-state index contributed by atoms with van der Waals surface area (Å²) in [7, 11) is 1.40. The zero-order valence-electron chi connectivity index (χ0n) is 24.3. The Labute approximate surface area is 240 Å². The summed E-state index contributed by atoms with van der Waals surface area (Å²) >= 11 is 0. The lowest BCUT2D eigenvalue weighted by molar-refractivity contribution is -0.164. The molecule has 0 aliphatic carbocycles. The lowest BCUT2D eigenvalue weighted by Crippen LogP contribution is -2.47. The van der Waals surface area contributed by atoms with Crippen LogP contribution in [0.5, 0.6) is 11.5 Å². The number of amides is 1. The third kappa shape index (κ3) is 9.43. The Kier molecular flexibility index (Phi) is 12.4. The average Bonchev–Trinajstić information content (AvgIpc) is 2.99. The Balaban J connectivity index is 1.80. The van der Waals surface area contributed by atoms with Gasteiger partial charge < -0.3 is 33.7 Å². The second kappa shape index (κ2) is 15.9. The molecule has 41 heavy (non-hydrogen) atoms. The summed E-state index contributed by atoms with van der Waals surface area (Å²) in [4.78, 5) is 41.8. The van der Waals surface area contributed by atoms with Gasteiger partial charge >= 0.3 is 11.9 Å². The number of ether oxygens (including phenoxy) is 6. The highest BCUT2D eigenvalue weighted by atomic mass is 16.7. The van der Waals surface area contributed by atoms with E-state index in [2.05, 4.69) is 17.2 Å². The average molecular weight is 573 g/mol. The van der Waals surface area contributed by atoms with Crippen LogP contribution in [0.15, 0.2) is 42.6 Å². The number of pyridine rings is 1. The Morgan fingerprint density at radius 1 is 1.17 bits per heavy atom.